The van der Waals surface area contributed by atoms with Crippen LogP contribution in [0.25, 0.3) is 0 Å². The number of hydrogen-bond acceptors (Lipinski definition) is 2. The highest BCUT2D eigenvalue weighted by Gasteiger charge is 2.02. The van der Waals surface area contributed by atoms with E-state index in [1.807, 2.05) is 0 Å². The molecule has 2 rings (SSSR count). The maximum atomic E-state index is 13.2. The van der Waals surface area contributed by atoms with Crippen LogP contribution in [0, 0.1) is 11.6 Å². The van der Waals surface area contributed by atoms with E-state index in [-0.39, 0.29) is 18.1 Å². The fraction of sp³-hybridized carbons (Fsp3) is 0.0769. The number of hydrogen-bond donors (Lipinski definition) is 1. The van der Waals surface area contributed by atoms with Gasteiger partial charge in [0.1, 0.15) is 18.2 Å². The van der Waals surface area contributed by atoms with E-state index in [1.54, 1.807) is 30.3 Å². The summed E-state index contributed by atoms with van der Waals surface area (Å²) < 4.78 is 26.4. The molecule has 0 spiro atoms. The van der Waals surface area contributed by atoms with Crippen LogP contribution in [0.5, 0.6) is 0 Å². The minimum atomic E-state index is -0.416. The Morgan fingerprint density at radius 3 is 2.24 bits per heavy atom. The van der Waals surface area contributed by atoms with Gasteiger partial charge in [0.25, 0.3) is 0 Å². The Kier molecular flexibility index (Phi) is 3.67. The lowest BCUT2D eigenvalue weighted by atomic mass is 10.2. The zero-order valence-electron chi connectivity index (χ0n) is 8.99. The van der Waals surface area contributed by atoms with Crippen molar-refractivity contribution >= 4 is 5.69 Å². The first kappa shape index (κ1) is 11.5. The molecule has 0 amide bonds. The van der Waals surface area contributed by atoms with Crippen LogP contribution < -0.4 is 5.48 Å². The third-order valence-corrected chi connectivity index (χ3v) is 2.24. The van der Waals surface area contributed by atoms with Crippen LogP contribution in [-0.4, -0.2) is 0 Å². The van der Waals surface area contributed by atoms with Crippen LogP contribution >= 0.6 is 0 Å². The molecule has 0 saturated carbocycles. The van der Waals surface area contributed by atoms with E-state index in [4.69, 9.17) is 4.84 Å². The van der Waals surface area contributed by atoms with E-state index in [1.165, 1.54) is 18.2 Å². The van der Waals surface area contributed by atoms with Gasteiger partial charge < -0.3 is 0 Å². The van der Waals surface area contributed by atoms with Gasteiger partial charge >= 0.3 is 0 Å². The van der Waals surface area contributed by atoms with Gasteiger partial charge in [0, 0.05) is 5.56 Å². The smallest absolute Gasteiger partial charge is 0.148 e. The maximum absolute atomic E-state index is 13.2. The van der Waals surface area contributed by atoms with Crippen molar-refractivity contribution in [2.24, 2.45) is 0 Å². The second kappa shape index (κ2) is 5.41. The van der Waals surface area contributed by atoms with Crippen molar-refractivity contribution in [3.63, 3.8) is 0 Å². The number of rotatable bonds is 4. The molecule has 0 unspecified atom stereocenters. The molecule has 0 bridgehead atoms. The third kappa shape index (κ3) is 3.01. The van der Waals surface area contributed by atoms with E-state index in [2.05, 4.69) is 5.48 Å². The largest absolute Gasteiger partial charge is 0.271 e. The van der Waals surface area contributed by atoms with Crippen molar-refractivity contribution < 1.29 is 13.6 Å². The monoisotopic (exact) mass is 235 g/mol. The molecule has 88 valence electrons. The molecular weight excluding hydrogens is 224 g/mol. The molecule has 0 aliphatic heterocycles. The molecular formula is C13H11F2NO. The zero-order chi connectivity index (χ0) is 12.1. The van der Waals surface area contributed by atoms with Gasteiger partial charge in [-0.25, -0.2) is 8.78 Å². The van der Waals surface area contributed by atoms with Crippen molar-refractivity contribution in [3.05, 3.63) is 65.7 Å². The third-order valence-electron chi connectivity index (χ3n) is 2.24. The Morgan fingerprint density at radius 1 is 0.882 bits per heavy atom. The van der Waals surface area contributed by atoms with Crippen LogP contribution in [0.15, 0.2) is 48.5 Å². The first-order valence-electron chi connectivity index (χ1n) is 5.13. The summed E-state index contributed by atoms with van der Waals surface area (Å²) in [5.74, 6) is -0.760. The van der Waals surface area contributed by atoms with Crippen LogP contribution in [0.4, 0.5) is 14.5 Å². The van der Waals surface area contributed by atoms with E-state index < -0.39 is 5.82 Å². The molecule has 0 atom stereocenters. The number of benzene rings is 2. The summed E-state index contributed by atoms with van der Waals surface area (Å²) in [5.41, 5.74) is 3.09. The summed E-state index contributed by atoms with van der Waals surface area (Å²) in [6.07, 6.45) is 0. The molecule has 0 heterocycles. The highest BCUT2D eigenvalue weighted by atomic mass is 19.1. The second-order valence-electron chi connectivity index (χ2n) is 3.46. The molecule has 2 aromatic rings. The van der Waals surface area contributed by atoms with Gasteiger partial charge in [0.15, 0.2) is 0 Å². The first-order valence-corrected chi connectivity index (χ1v) is 5.13. The quantitative estimate of drug-likeness (QED) is 0.819. The number of halogens is 2. The Balaban J connectivity index is 1.93. The van der Waals surface area contributed by atoms with Crippen molar-refractivity contribution in [2.75, 3.05) is 5.48 Å². The lowest BCUT2D eigenvalue weighted by molar-refractivity contribution is 0.175. The fourth-order valence-corrected chi connectivity index (χ4v) is 1.35. The summed E-state index contributed by atoms with van der Waals surface area (Å²) in [5, 5.41) is 0. The topological polar surface area (TPSA) is 21.3 Å². The summed E-state index contributed by atoms with van der Waals surface area (Å²) in [6, 6.07) is 12.4. The summed E-state index contributed by atoms with van der Waals surface area (Å²) >= 11 is 0. The van der Waals surface area contributed by atoms with Gasteiger partial charge in [-0.1, -0.05) is 30.3 Å². The van der Waals surface area contributed by atoms with Gasteiger partial charge in [-0.15, -0.1) is 0 Å². The summed E-state index contributed by atoms with van der Waals surface area (Å²) in [7, 11) is 0. The standard InChI is InChI=1S/C13H11F2NO/c14-11-6-2-1-5-10(11)9-17-16-13-8-4-3-7-12(13)15/h1-8,16H,9H2. The first-order chi connectivity index (χ1) is 8.27. The van der Waals surface area contributed by atoms with Gasteiger partial charge in [-0.2, -0.15) is 0 Å². The van der Waals surface area contributed by atoms with Gasteiger partial charge in [0.2, 0.25) is 0 Å². The molecule has 1 N–H and O–H groups in total. The zero-order valence-corrected chi connectivity index (χ0v) is 8.99. The van der Waals surface area contributed by atoms with E-state index in [0.717, 1.165) is 0 Å². The molecule has 0 aliphatic rings. The number of para-hydroxylation sites is 1. The average Bonchev–Trinajstić information content (AvgIpc) is 2.34. The van der Waals surface area contributed by atoms with Crippen LogP contribution in [0.3, 0.4) is 0 Å². The second-order valence-corrected chi connectivity index (χ2v) is 3.46. The lowest BCUT2D eigenvalue weighted by Crippen LogP contribution is -2.04. The molecule has 2 aromatic carbocycles. The number of nitrogens with one attached hydrogen (secondary N) is 1. The minimum absolute atomic E-state index is 0.0288. The van der Waals surface area contributed by atoms with Crippen LogP contribution in [0.1, 0.15) is 5.56 Å². The molecule has 2 nitrogen and oxygen atoms in total. The Morgan fingerprint density at radius 2 is 1.53 bits per heavy atom. The Labute approximate surface area is 97.8 Å². The van der Waals surface area contributed by atoms with Gasteiger partial charge in [-0.3, -0.25) is 10.3 Å². The molecule has 17 heavy (non-hydrogen) atoms. The lowest BCUT2D eigenvalue weighted by Gasteiger charge is -2.08. The normalized spacial score (nSPS) is 10.2. The Bertz CT molecular complexity index is 457. The molecule has 0 aromatic heterocycles. The van der Waals surface area contributed by atoms with Gasteiger partial charge in [0.05, 0.1) is 5.69 Å². The fourth-order valence-electron chi connectivity index (χ4n) is 1.35. The predicted octanol–water partition coefficient (Wildman–Crippen LogP) is 3.51. The van der Waals surface area contributed by atoms with E-state index in [9.17, 15) is 8.78 Å². The highest BCUT2D eigenvalue weighted by Crippen LogP contribution is 2.13. The van der Waals surface area contributed by atoms with Crippen molar-refractivity contribution in [1.82, 2.24) is 0 Å². The molecule has 4 heteroatoms. The van der Waals surface area contributed by atoms with Gasteiger partial charge in [-0.05, 0) is 18.2 Å². The van der Waals surface area contributed by atoms with Crippen molar-refractivity contribution in [2.45, 2.75) is 6.61 Å². The molecule has 0 saturated heterocycles. The van der Waals surface area contributed by atoms with Crippen molar-refractivity contribution in [3.8, 4) is 0 Å². The van der Waals surface area contributed by atoms with Crippen LogP contribution in [0.2, 0.25) is 0 Å². The number of anilines is 1. The molecule has 0 aliphatic carbocycles. The summed E-state index contributed by atoms with van der Waals surface area (Å²) in [4.78, 5) is 5.04. The molecule has 0 radical (unpaired) electrons. The minimum Gasteiger partial charge on any atom is -0.271 e. The van der Waals surface area contributed by atoms with Crippen molar-refractivity contribution in [1.29, 1.82) is 0 Å². The predicted molar refractivity (Wildman–Crippen MR) is 61.2 cm³/mol. The van der Waals surface area contributed by atoms with Crippen LogP contribution in [-0.2, 0) is 11.4 Å². The van der Waals surface area contributed by atoms with E-state index >= 15 is 0 Å². The maximum Gasteiger partial charge on any atom is 0.148 e. The summed E-state index contributed by atoms with van der Waals surface area (Å²) in [6.45, 7) is 0.0288. The molecule has 0 fully saturated rings. The Hall–Kier alpha value is -1.94. The van der Waals surface area contributed by atoms with E-state index in [0.29, 0.717) is 5.56 Å². The highest BCUT2D eigenvalue weighted by molar-refractivity contribution is 5.42. The average molecular weight is 235 g/mol. The SMILES string of the molecule is Fc1ccccc1CONc1ccccc1F.